The van der Waals surface area contributed by atoms with Crippen LogP contribution in [0, 0.1) is 5.92 Å². The molecule has 18 heavy (non-hydrogen) atoms. The minimum Gasteiger partial charge on any atom is -0.320 e. The standard InChI is InChI=1S/C13H23N5/c1-17-10-15-16-13(17)9-18-6-4-12(5-7-18)14-8-11-2-3-11/h10-12,14H,2-9H2,1H3. The molecule has 5 nitrogen and oxygen atoms in total. The summed E-state index contributed by atoms with van der Waals surface area (Å²) in [4.78, 5) is 2.49. The minimum absolute atomic E-state index is 0.737. The van der Waals surface area contributed by atoms with Crippen molar-refractivity contribution < 1.29 is 0 Å². The highest BCUT2D eigenvalue weighted by atomic mass is 15.3. The highest BCUT2D eigenvalue weighted by Gasteiger charge is 2.24. The van der Waals surface area contributed by atoms with Crippen LogP contribution in [0.4, 0.5) is 0 Å². The maximum atomic E-state index is 4.15. The third kappa shape index (κ3) is 3.09. The lowest BCUT2D eigenvalue weighted by atomic mass is 10.0. The first-order chi connectivity index (χ1) is 8.81. The Bertz CT molecular complexity index is 376. The molecule has 0 spiro atoms. The number of piperidine rings is 1. The molecule has 1 saturated carbocycles. The van der Waals surface area contributed by atoms with Crippen LogP contribution in [-0.2, 0) is 13.6 Å². The Morgan fingerprint density at radius 2 is 2.06 bits per heavy atom. The van der Waals surface area contributed by atoms with Crippen molar-refractivity contribution >= 4 is 0 Å². The molecule has 2 aliphatic rings. The van der Waals surface area contributed by atoms with Crippen LogP contribution in [0.2, 0.25) is 0 Å². The highest BCUT2D eigenvalue weighted by Crippen LogP contribution is 2.28. The zero-order valence-corrected chi connectivity index (χ0v) is 11.2. The minimum atomic E-state index is 0.737. The van der Waals surface area contributed by atoms with Crippen molar-refractivity contribution in [3.63, 3.8) is 0 Å². The van der Waals surface area contributed by atoms with E-state index < -0.39 is 0 Å². The fraction of sp³-hybridized carbons (Fsp3) is 0.846. The van der Waals surface area contributed by atoms with Crippen LogP contribution in [0.15, 0.2) is 6.33 Å². The Kier molecular flexibility index (Phi) is 3.61. The number of likely N-dealkylation sites (tertiary alicyclic amines) is 1. The van der Waals surface area contributed by atoms with Gasteiger partial charge in [-0.05, 0) is 38.1 Å². The summed E-state index contributed by atoms with van der Waals surface area (Å²) in [6.45, 7) is 4.53. The molecule has 1 aliphatic carbocycles. The molecule has 2 heterocycles. The van der Waals surface area contributed by atoms with Gasteiger partial charge in [0, 0.05) is 26.2 Å². The highest BCUT2D eigenvalue weighted by molar-refractivity contribution is 4.87. The smallest absolute Gasteiger partial charge is 0.146 e. The van der Waals surface area contributed by atoms with Gasteiger partial charge in [0.2, 0.25) is 0 Å². The summed E-state index contributed by atoms with van der Waals surface area (Å²) in [5.74, 6) is 2.06. The second kappa shape index (κ2) is 5.36. The molecular weight excluding hydrogens is 226 g/mol. The Hall–Kier alpha value is -0.940. The van der Waals surface area contributed by atoms with E-state index in [0.29, 0.717) is 0 Å². The van der Waals surface area contributed by atoms with Crippen LogP contribution >= 0.6 is 0 Å². The largest absolute Gasteiger partial charge is 0.320 e. The summed E-state index contributed by atoms with van der Waals surface area (Å²) >= 11 is 0. The predicted octanol–water partition coefficient (Wildman–Crippen LogP) is 0.779. The molecule has 0 amide bonds. The molecule has 0 unspecified atom stereocenters. The first-order valence-corrected chi connectivity index (χ1v) is 7.10. The number of hydrogen-bond acceptors (Lipinski definition) is 4. The summed E-state index contributed by atoms with van der Waals surface area (Å²) in [7, 11) is 2.01. The van der Waals surface area contributed by atoms with Gasteiger partial charge in [-0.15, -0.1) is 10.2 Å². The average molecular weight is 249 g/mol. The SMILES string of the molecule is Cn1cnnc1CN1CCC(NCC2CC2)CC1. The summed E-state index contributed by atoms with van der Waals surface area (Å²) in [5, 5.41) is 11.8. The van der Waals surface area contributed by atoms with Crippen LogP contribution in [0.3, 0.4) is 0 Å². The molecule has 1 aliphatic heterocycles. The van der Waals surface area contributed by atoms with Crippen LogP contribution in [0.1, 0.15) is 31.5 Å². The number of hydrogen-bond donors (Lipinski definition) is 1. The maximum Gasteiger partial charge on any atom is 0.146 e. The van der Waals surface area contributed by atoms with E-state index in [1.54, 1.807) is 6.33 Å². The number of nitrogens with one attached hydrogen (secondary N) is 1. The third-order valence-corrected chi connectivity index (χ3v) is 4.15. The fourth-order valence-corrected chi connectivity index (χ4v) is 2.60. The molecule has 1 N–H and O–H groups in total. The Balaban J connectivity index is 1.40. The quantitative estimate of drug-likeness (QED) is 0.837. The van der Waals surface area contributed by atoms with Gasteiger partial charge in [0.25, 0.3) is 0 Å². The van der Waals surface area contributed by atoms with Gasteiger partial charge in [0.15, 0.2) is 0 Å². The average Bonchev–Trinajstić information content (AvgIpc) is 3.13. The summed E-state index contributed by atoms with van der Waals surface area (Å²) in [6.07, 6.45) is 7.20. The lowest BCUT2D eigenvalue weighted by molar-refractivity contribution is 0.184. The topological polar surface area (TPSA) is 46.0 Å². The Labute approximate surface area is 109 Å². The molecule has 0 atom stereocenters. The van der Waals surface area contributed by atoms with Gasteiger partial charge in [-0.3, -0.25) is 4.90 Å². The van der Waals surface area contributed by atoms with Crippen molar-refractivity contribution in [3.05, 3.63) is 12.2 Å². The van der Waals surface area contributed by atoms with Gasteiger partial charge >= 0.3 is 0 Å². The van der Waals surface area contributed by atoms with E-state index in [-0.39, 0.29) is 0 Å². The predicted molar refractivity (Wildman–Crippen MR) is 70.0 cm³/mol. The maximum absolute atomic E-state index is 4.15. The van der Waals surface area contributed by atoms with Crippen molar-refractivity contribution in [2.24, 2.45) is 13.0 Å². The molecule has 5 heteroatoms. The molecule has 100 valence electrons. The van der Waals surface area contributed by atoms with Crippen LogP contribution in [0.5, 0.6) is 0 Å². The first kappa shape index (κ1) is 12.1. The van der Waals surface area contributed by atoms with E-state index in [9.17, 15) is 0 Å². The second-order valence-corrected chi connectivity index (χ2v) is 5.76. The molecule has 1 aromatic heterocycles. The van der Waals surface area contributed by atoms with E-state index >= 15 is 0 Å². The fourth-order valence-electron chi connectivity index (χ4n) is 2.60. The van der Waals surface area contributed by atoms with Crippen LogP contribution in [-0.4, -0.2) is 45.3 Å². The molecule has 0 bridgehead atoms. The monoisotopic (exact) mass is 249 g/mol. The van der Waals surface area contributed by atoms with Crippen molar-refractivity contribution in [1.29, 1.82) is 0 Å². The molecule has 0 aromatic carbocycles. The van der Waals surface area contributed by atoms with Gasteiger partial charge in [-0.1, -0.05) is 0 Å². The molecule has 1 aromatic rings. The summed E-state index contributed by atoms with van der Waals surface area (Å²) in [5.41, 5.74) is 0. The van der Waals surface area contributed by atoms with Gasteiger partial charge in [-0.2, -0.15) is 0 Å². The van der Waals surface area contributed by atoms with Gasteiger partial charge < -0.3 is 9.88 Å². The lowest BCUT2D eigenvalue weighted by Crippen LogP contribution is -2.43. The summed E-state index contributed by atoms with van der Waals surface area (Å²) in [6, 6.07) is 0.737. The van der Waals surface area contributed by atoms with Crippen molar-refractivity contribution in [2.45, 2.75) is 38.3 Å². The van der Waals surface area contributed by atoms with Gasteiger partial charge in [-0.25, -0.2) is 0 Å². The second-order valence-electron chi connectivity index (χ2n) is 5.76. The van der Waals surface area contributed by atoms with Crippen LogP contribution in [0.25, 0.3) is 0 Å². The van der Waals surface area contributed by atoms with Crippen LogP contribution < -0.4 is 5.32 Å². The number of rotatable bonds is 5. The van der Waals surface area contributed by atoms with E-state index in [4.69, 9.17) is 0 Å². The van der Waals surface area contributed by atoms with E-state index in [1.807, 2.05) is 11.6 Å². The molecular formula is C13H23N5. The molecule has 1 saturated heterocycles. The molecule has 2 fully saturated rings. The van der Waals surface area contributed by atoms with E-state index in [1.165, 1.54) is 45.3 Å². The van der Waals surface area contributed by atoms with E-state index in [2.05, 4.69) is 20.4 Å². The molecule has 0 radical (unpaired) electrons. The van der Waals surface area contributed by atoms with E-state index in [0.717, 1.165) is 24.3 Å². The van der Waals surface area contributed by atoms with Crippen molar-refractivity contribution in [2.75, 3.05) is 19.6 Å². The zero-order chi connectivity index (χ0) is 12.4. The number of nitrogens with zero attached hydrogens (tertiary/aromatic N) is 4. The molecule has 3 rings (SSSR count). The number of aryl methyl sites for hydroxylation is 1. The van der Waals surface area contributed by atoms with Gasteiger partial charge in [0.05, 0.1) is 6.54 Å². The first-order valence-electron chi connectivity index (χ1n) is 7.10. The third-order valence-electron chi connectivity index (χ3n) is 4.15. The Morgan fingerprint density at radius 3 is 2.67 bits per heavy atom. The Morgan fingerprint density at radius 1 is 1.28 bits per heavy atom. The van der Waals surface area contributed by atoms with Gasteiger partial charge in [0.1, 0.15) is 12.2 Å². The van der Waals surface area contributed by atoms with Crippen molar-refractivity contribution in [3.8, 4) is 0 Å². The normalized spacial score (nSPS) is 22.5. The number of aromatic nitrogens is 3. The lowest BCUT2D eigenvalue weighted by Gasteiger charge is -2.32. The van der Waals surface area contributed by atoms with Crippen molar-refractivity contribution in [1.82, 2.24) is 25.0 Å². The zero-order valence-electron chi connectivity index (χ0n) is 11.2. The summed E-state index contributed by atoms with van der Waals surface area (Å²) < 4.78 is 2.01.